The van der Waals surface area contributed by atoms with Gasteiger partial charge in [-0.1, -0.05) is 42.2 Å². The zero-order valence-corrected chi connectivity index (χ0v) is 13.4. The molecule has 0 spiro atoms. The molecule has 114 valence electrons. The molecule has 0 bridgehead atoms. The Kier molecular flexibility index (Phi) is 6.77. The molecule has 2 amide bonds. The molecule has 0 radical (unpaired) electrons. The molecule has 4 nitrogen and oxygen atoms in total. The average Bonchev–Trinajstić information content (AvgIpc) is 2.37. The number of amides is 2. The van der Waals surface area contributed by atoms with E-state index in [1.165, 1.54) is 5.56 Å². The Morgan fingerprint density at radius 2 is 1.86 bits per heavy atom. The molecule has 0 saturated heterocycles. The molecule has 4 heteroatoms. The summed E-state index contributed by atoms with van der Waals surface area (Å²) in [4.78, 5) is 13.6. The van der Waals surface area contributed by atoms with Gasteiger partial charge >= 0.3 is 6.03 Å². The first kappa shape index (κ1) is 17.1. The van der Waals surface area contributed by atoms with E-state index in [1.807, 2.05) is 46.0 Å². The second-order valence-corrected chi connectivity index (χ2v) is 6.07. The summed E-state index contributed by atoms with van der Waals surface area (Å²) >= 11 is 0. The molecule has 0 aliphatic rings. The molecule has 1 aromatic carbocycles. The van der Waals surface area contributed by atoms with Crippen LogP contribution in [0.1, 0.15) is 26.3 Å². The summed E-state index contributed by atoms with van der Waals surface area (Å²) in [7, 11) is 2.03. The maximum atomic E-state index is 11.5. The van der Waals surface area contributed by atoms with Crippen molar-refractivity contribution in [1.29, 1.82) is 0 Å². The minimum absolute atomic E-state index is 0.186. The van der Waals surface area contributed by atoms with E-state index < -0.39 is 0 Å². The van der Waals surface area contributed by atoms with Crippen LogP contribution in [-0.2, 0) is 6.54 Å². The number of benzene rings is 1. The highest BCUT2D eigenvalue weighted by Crippen LogP contribution is 2.01. The highest BCUT2D eigenvalue weighted by atomic mass is 16.2. The van der Waals surface area contributed by atoms with Crippen LogP contribution in [0.5, 0.6) is 0 Å². The topological polar surface area (TPSA) is 44.4 Å². The Labute approximate surface area is 127 Å². The van der Waals surface area contributed by atoms with Crippen molar-refractivity contribution in [2.75, 3.05) is 20.1 Å². The van der Waals surface area contributed by atoms with Gasteiger partial charge in [-0.2, -0.15) is 0 Å². The van der Waals surface area contributed by atoms with Crippen LogP contribution in [0.15, 0.2) is 30.3 Å². The van der Waals surface area contributed by atoms with Gasteiger partial charge in [-0.25, -0.2) is 4.79 Å². The summed E-state index contributed by atoms with van der Waals surface area (Å²) in [6, 6.07) is 10.1. The lowest BCUT2D eigenvalue weighted by atomic mass is 10.1. The first-order valence-electron chi connectivity index (χ1n) is 7.11. The minimum Gasteiger partial charge on any atom is -0.334 e. The van der Waals surface area contributed by atoms with Gasteiger partial charge in [0.1, 0.15) is 0 Å². The van der Waals surface area contributed by atoms with E-state index in [0.29, 0.717) is 13.1 Å². The molecule has 0 heterocycles. The monoisotopic (exact) mass is 287 g/mol. The minimum atomic E-state index is -0.229. The van der Waals surface area contributed by atoms with Gasteiger partial charge in [0.15, 0.2) is 0 Å². The number of rotatable bonds is 4. The lowest BCUT2D eigenvalue weighted by Crippen LogP contribution is -2.46. The second-order valence-electron chi connectivity index (χ2n) is 6.07. The zero-order chi connectivity index (χ0) is 15.7. The fraction of sp³-hybridized carbons (Fsp3) is 0.471. The van der Waals surface area contributed by atoms with Gasteiger partial charge < -0.3 is 10.6 Å². The standard InChI is InChI=1S/C17H25N3O/c1-17(2,3)19-16(21)18-12-8-9-13-20(4)14-15-10-6-5-7-11-15/h5-7,10-11H,12-14H2,1-4H3,(H2,18,19,21). The van der Waals surface area contributed by atoms with Crippen molar-refractivity contribution in [2.45, 2.75) is 32.9 Å². The molecule has 0 unspecified atom stereocenters. The SMILES string of the molecule is CN(CC#CCNC(=O)NC(C)(C)C)Cc1ccccc1. The van der Waals surface area contributed by atoms with E-state index in [4.69, 9.17) is 0 Å². The first-order chi connectivity index (χ1) is 9.87. The number of nitrogens with zero attached hydrogens (tertiary/aromatic N) is 1. The van der Waals surface area contributed by atoms with Crippen molar-refractivity contribution in [1.82, 2.24) is 15.5 Å². The zero-order valence-electron chi connectivity index (χ0n) is 13.4. The van der Waals surface area contributed by atoms with E-state index in [0.717, 1.165) is 6.54 Å². The third-order valence-electron chi connectivity index (χ3n) is 2.60. The van der Waals surface area contributed by atoms with E-state index in [9.17, 15) is 4.79 Å². The van der Waals surface area contributed by atoms with E-state index >= 15 is 0 Å². The number of carbonyl (C=O) groups excluding carboxylic acids is 1. The highest BCUT2D eigenvalue weighted by molar-refractivity contribution is 5.74. The van der Waals surface area contributed by atoms with Crippen molar-refractivity contribution < 1.29 is 4.79 Å². The van der Waals surface area contributed by atoms with Crippen LogP contribution in [0.25, 0.3) is 0 Å². The van der Waals surface area contributed by atoms with Gasteiger partial charge in [0.25, 0.3) is 0 Å². The smallest absolute Gasteiger partial charge is 0.315 e. The van der Waals surface area contributed by atoms with Crippen LogP contribution in [0.4, 0.5) is 4.79 Å². The van der Waals surface area contributed by atoms with Crippen LogP contribution < -0.4 is 10.6 Å². The van der Waals surface area contributed by atoms with Gasteiger partial charge in [-0.05, 0) is 33.4 Å². The second kappa shape index (κ2) is 8.33. The van der Waals surface area contributed by atoms with Gasteiger partial charge in [0, 0.05) is 12.1 Å². The predicted molar refractivity (Wildman–Crippen MR) is 86.8 cm³/mol. The number of urea groups is 1. The molecule has 21 heavy (non-hydrogen) atoms. The number of hydrogen-bond acceptors (Lipinski definition) is 2. The molecular weight excluding hydrogens is 262 g/mol. The largest absolute Gasteiger partial charge is 0.334 e. The van der Waals surface area contributed by atoms with Gasteiger partial charge in [0.2, 0.25) is 0 Å². The number of carbonyl (C=O) groups is 1. The van der Waals surface area contributed by atoms with Gasteiger partial charge in [-0.3, -0.25) is 4.90 Å². The fourth-order valence-corrected chi connectivity index (χ4v) is 1.71. The molecule has 0 aromatic heterocycles. The molecule has 1 aromatic rings. The molecule has 0 saturated carbocycles. The van der Waals surface area contributed by atoms with Crippen LogP contribution in [-0.4, -0.2) is 36.6 Å². The highest BCUT2D eigenvalue weighted by Gasteiger charge is 2.12. The van der Waals surface area contributed by atoms with Crippen molar-refractivity contribution in [2.24, 2.45) is 0 Å². The third-order valence-corrected chi connectivity index (χ3v) is 2.60. The van der Waals surface area contributed by atoms with Crippen LogP contribution in [0, 0.1) is 11.8 Å². The molecule has 2 N–H and O–H groups in total. The predicted octanol–water partition coefficient (Wildman–Crippen LogP) is 2.22. The van der Waals surface area contributed by atoms with Crippen LogP contribution >= 0.6 is 0 Å². The summed E-state index contributed by atoms with van der Waals surface area (Å²) in [5.41, 5.74) is 1.04. The van der Waals surface area contributed by atoms with Gasteiger partial charge in [0.05, 0.1) is 13.1 Å². The summed E-state index contributed by atoms with van der Waals surface area (Å²) in [6.45, 7) is 7.73. The lowest BCUT2D eigenvalue weighted by Gasteiger charge is -2.20. The van der Waals surface area contributed by atoms with Gasteiger partial charge in [-0.15, -0.1) is 0 Å². The summed E-state index contributed by atoms with van der Waals surface area (Å²) in [6.07, 6.45) is 0. The maximum absolute atomic E-state index is 11.5. The number of hydrogen-bond donors (Lipinski definition) is 2. The molecule has 0 aliphatic heterocycles. The van der Waals surface area contributed by atoms with Crippen molar-refractivity contribution >= 4 is 6.03 Å². The maximum Gasteiger partial charge on any atom is 0.315 e. The molecule has 0 aliphatic carbocycles. The quantitative estimate of drug-likeness (QED) is 0.834. The van der Waals surface area contributed by atoms with E-state index in [-0.39, 0.29) is 11.6 Å². The molecule has 1 rings (SSSR count). The van der Waals surface area contributed by atoms with E-state index in [2.05, 4.69) is 39.5 Å². The first-order valence-corrected chi connectivity index (χ1v) is 7.11. The fourth-order valence-electron chi connectivity index (χ4n) is 1.71. The average molecular weight is 287 g/mol. The Bertz CT molecular complexity index is 494. The Hall–Kier alpha value is -1.99. The third kappa shape index (κ3) is 8.72. The molecular formula is C17H25N3O. The molecule has 0 atom stereocenters. The van der Waals surface area contributed by atoms with Crippen LogP contribution in [0.3, 0.4) is 0 Å². The molecule has 0 fully saturated rings. The van der Waals surface area contributed by atoms with Crippen molar-refractivity contribution in [3.8, 4) is 11.8 Å². The summed E-state index contributed by atoms with van der Waals surface area (Å²) < 4.78 is 0. The van der Waals surface area contributed by atoms with Crippen LogP contribution in [0.2, 0.25) is 0 Å². The normalized spacial score (nSPS) is 10.7. The Balaban J connectivity index is 2.22. The lowest BCUT2D eigenvalue weighted by molar-refractivity contribution is 0.233. The van der Waals surface area contributed by atoms with Crippen molar-refractivity contribution in [3.63, 3.8) is 0 Å². The Morgan fingerprint density at radius 1 is 1.19 bits per heavy atom. The summed E-state index contributed by atoms with van der Waals surface area (Å²) in [5.74, 6) is 6.01. The van der Waals surface area contributed by atoms with E-state index in [1.54, 1.807) is 0 Å². The number of nitrogens with one attached hydrogen (secondary N) is 2. The Morgan fingerprint density at radius 3 is 2.48 bits per heavy atom. The summed E-state index contributed by atoms with van der Waals surface area (Å²) in [5, 5.41) is 5.54. The van der Waals surface area contributed by atoms with Crippen molar-refractivity contribution in [3.05, 3.63) is 35.9 Å².